The predicted octanol–water partition coefficient (Wildman–Crippen LogP) is 2.91. The molecule has 1 aromatic rings. The number of hydrogen-bond acceptors (Lipinski definition) is 6. The lowest BCUT2D eigenvalue weighted by Crippen LogP contribution is -2.32. The first-order valence-electron chi connectivity index (χ1n) is 8.76. The summed E-state index contributed by atoms with van der Waals surface area (Å²) in [5.74, 6) is 1.82. The molecule has 6 nitrogen and oxygen atoms in total. The highest BCUT2D eigenvalue weighted by Crippen LogP contribution is 2.26. The number of anilines is 2. The number of esters is 1. The molecule has 0 spiro atoms. The Morgan fingerprint density at radius 1 is 1.24 bits per heavy atom. The molecule has 2 aliphatic heterocycles. The number of rotatable bonds is 6. The summed E-state index contributed by atoms with van der Waals surface area (Å²) < 4.78 is 10.3. The van der Waals surface area contributed by atoms with Crippen molar-refractivity contribution in [2.45, 2.75) is 25.9 Å². The summed E-state index contributed by atoms with van der Waals surface area (Å²) in [5.41, 5.74) is 1.90. The molecule has 0 N–H and O–H groups in total. The van der Waals surface area contributed by atoms with E-state index < -0.39 is 18.2 Å². The second-order valence-corrected chi connectivity index (χ2v) is 7.34. The Hall–Kier alpha value is -1.89. The van der Waals surface area contributed by atoms with Gasteiger partial charge in [0.25, 0.3) is 0 Å². The van der Waals surface area contributed by atoms with Crippen LogP contribution in [0, 0.1) is 0 Å². The third-order valence-electron chi connectivity index (χ3n) is 4.35. The minimum absolute atomic E-state index is 0.198. The number of nitrogens with zero attached hydrogens (tertiary/aromatic N) is 2. The third kappa shape index (κ3) is 4.39. The van der Waals surface area contributed by atoms with Crippen molar-refractivity contribution < 1.29 is 19.1 Å². The standard InChI is InChI=1S/C18H24N2O4S/c1-2-3-10-23-17(21)16-13-20(18(22)24-16)15-6-4-14(5-7-15)19-8-11-25-12-9-19/h4-7,16H,2-3,8-13H2,1H3/t16-/m1/s1. The fraction of sp³-hybridized carbons (Fsp3) is 0.556. The van der Waals surface area contributed by atoms with E-state index in [4.69, 9.17) is 9.47 Å². The van der Waals surface area contributed by atoms with E-state index in [9.17, 15) is 9.59 Å². The van der Waals surface area contributed by atoms with E-state index in [0.717, 1.165) is 48.8 Å². The number of thioether (sulfide) groups is 1. The molecule has 1 amide bonds. The van der Waals surface area contributed by atoms with E-state index in [1.165, 1.54) is 4.90 Å². The highest BCUT2D eigenvalue weighted by molar-refractivity contribution is 7.99. The van der Waals surface area contributed by atoms with Crippen LogP contribution in [-0.2, 0) is 14.3 Å². The molecular formula is C18H24N2O4S. The van der Waals surface area contributed by atoms with Gasteiger partial charge < -0.3 is 14.4 Å². The summed E-state index contributed by atoms with van der Waals surface area (Å²) in [4.78, 5) is 27.9. The van der Waals surface area contributed by atoms with E-state index in [1.54, 1.807) is 0 Å². The van der Waals surface area contributed by atoms with Crippen molar-refractivity contribution in [2.24, 2.45) is 0 Å². The molecule has 2 heterocycles. The molecule has 3 rings (SSSR count). The van der Waals surface area contributed by atoms with E-state index >= 15 is 0 Å². The van der Waals surface area contributed by atoms with Crippen molar-refractivity contribution in [1.82, 2.24) is 0 Å². The molecule has 0 saturated carbocycles. The lowest BCUT2D eigenvalue weighted by molar-refractivity contribution is -0.151. The quantitative estimate of drug-likeness (QED) is 0.571. The van der Waals surface area contributed by atoms with Crippen molar-refractivity contribution in [2.75, 3.05) is 47.5 Å². The van der Waals surface area contributed by atoms with Crippen LogP contribution in [-0.4, -0.2) is 55.9 Å². The Morgan fingerprint density at radius 3 is 2.60 bits per heavy atom. The lowest BCUT2D eigenvalue weighted by Gasteiger charge is -2.28. The molecule has 0 unspecified atom stereocenters. The number of hydrogen-bond donors (Lipinski definition) is 0. The average molecular weight is 364 g/mol. The molecule has 2 fully saturated rings. The van der Waals surface area contributed by atoms with Crippen molar-refractivity contribution in [3.63, 3.8) is 0 Å². The van der Waals surface area contributed by atoms with Crippen LogP contribution in [0.5, 0.6) is 0 Å². The van der Waals surface area contributed by atoms with Gasteiger partial charge in [0.05, 0.1) is 13.2 Å². The molecule has 136 valence electrons. The zero-order valence-corrected chi connectivity index (χ0v) is 15.3. The first-order chi connectivity index (χ1) is 12.2. The Morgan fingerprint density at radius 2 is 1.92 bits per heavy atom. The summed E-state index contributed by atoms with van der Waals surface area (Å²) >= 11 is 1.97. The zero-order chi connectivity index (χ0) is 17.6. The number of unbranched alkanes of at least 4 members (excludes halogenated alkanes) is 1. The van der Waals surface area contributed by atoms with Crippen molar-refractivity contribution >= 4 is 35.2 Å². The van der Waals surface area contributed by atoms with Gasteiger partial charge in [-0.25, -0.2) is 9.59 Å². The molecule has 0 radical (unpaired) electrons. The first-order valence-corrected chi connectivity index (χ1v) is 9.92. The molecule has 0 bridgehead atoms. The van der Waals surface area contributed by atoms with Gasteiger partial charge in [-0.1, -0.05) is 13.3 Å². The second-order valence-electron chi connectivity index (χ2n) is 6.12. The van der Waals surface area contributed by atoms with E-state index in [1.807, 2.05) is 43.0 Å². The van der Waals surface area contributed by atoms with Crippen molar-refractivity contribution in [3.8, 4) is 0 Å². The maximum absolute atomic E-state index is 12.1. The van der Waals surface area contributed by atoms with Gasteiger partial charge in [-0.15, -0.1) is 0 Å². The number of benzene rings is 1. The molecule has 2 aliphatic rings. The predicted molar refractivity (Wildman–Crippen MR) is 99.5 cm³/mol. The number of ether oxygens (including phenoxy) is 2. The van der Waals surface area contributed by atoms with Crippen LogP contribution in [0.2, 0.25) is 0 Å². The molecule has 25 heavy (non-hydrogen) atoms. The van der Waals surface area contributed by atoms with Gasteiger partial charge >= 0.3 is 12.1 Å². The van der Waals surface area contributed by atoms with Gasteiger partial charge in [0, 0.05) is 36.0 Å². The third-order valence-corrected chi connectivity index (χ3v) is 5.30. The molecule has 0 aromatic heterocycles. The van der Waals surface area contributed by atoms with Crippen LogP contribution < -0.4 is 9.80 Å². The Kier molecular flexibility index (Phi) is 6.07. The Labute approximate surface area is 152 Å². The minimum Gasteiger partial charge on any atom is -0.463 e. The van der Waals surface area contributed by atoms with Crippen molar-refractivity contribution in [3.05, 3.63) is 24.3 Å². The van der Waals surface area contributed by atoms with E-state index in [-0.39, 0.29) is 6.54 Å². The van der Waals surface area contributed by atoms with E-state index in [2.05, 4.69) is 4.90 Å². The van der Waals surface area contributed by atoms with E-state index in [0.29, 0.717) is 6.61 Å². The van der Waals surface area contributed by atoms with Gasteiger partial charge in [-0.05, 0) is 30.7 Å². The molecule has 1 aromatic carbocycles. The maximum Gasteiger partial charge on any atom is 0.415 e. The largest absolute Gasteiger partial charge is 0.463 e. The number of carbonyl (C=O) groups excluding carboxylic acids is 2. The highest BCUT2D eigenvalue weighted by atomic mass is 32.2. The summed E-state index contributed by atoms with van der Waals surface area (Å²) in [7, 11) is 0. The van der Waals surface area contributed by atoms with Crippen LogP contribution >= 0.6 is 11.8 Å². The van der Waals surface area contributed by atoms with Gasteiger partial charge in [-0.2, -0.15) is 11.8 Å². The van der Waals surface area contributed by atoms with Gasteiger partial charge in [0.2, 0.25) is 6.10 Å². The molecule has 7 heteroatoms. The zero-order valence-electron chi connectivity index (χ0n) is 14.5. The maximum atomic E-state index is 12.1. The van der Waals surface area contributed by atoms with Crippen LogP contribution in [0.15, 0.2) is 24.3 Å². The normalized spacial score (nSPS) is 20.5. The van der Waals surface area contributed by atoms with Gasteiger partial charge in [0.1, 0.15) is 0 Å². The van der Waals surface area contributed by atoms with Crippen LogP contribution in [0.25, 0.3) is 0 Å². The fourth-order valence-corrected chi connectivity index (χ4v) is 3.77. The highest BCUT2D eigenvalue weighted by Gasteiger charge is 2.38. The Balaban J connectivity index is 1.59. The SMILES string of the molecule is CCCCOC(=O)[C@H]1CN(c2ccc(N3CCSCC3)cc2)C(=O)O1. The minimum atomic E-state index is -0.844. The molecule has 2 saturated heterocycles. The van der Waals surface area contributed by atoms with Gasteiger partial charge in [0.15, 0.2) is 0 Å². The topological polar surface area (TPSA) is 59.1 Å². The number of amides is 1. The number of cyclic esters (lactones) is 1. The number of carbonyl (C=O) groups is 2. The molecule has 0 aliphatic carbocycles. The summed E-state index contributed by atoms with van der Waals surface area (Å²) in [5, 5.41) is 0. The summed E-state index contributed by atoms with van der Waals surface area (Å²) in [6.45, 7) is 4.68. The molecule has 1 atom stereocenters. The second kappa shape index (κ2) is 8.47. The summed E-state index contributed by atoms with van der Waals surface area (Å²) in [6, 6.07) is 7.85. The van der Waals surface area contributed by atoms with Gasteiger partial charge in [-0.3, -0.25) is 4.90 Å². The fourth-order valence-electron chi connectivity index (χ4n) is 2.87. The summed E-state index contributed by atoms with van der Waals surface area (Å²) in [6.07, 6.45) is 0.418. The van der Waals surface area contributed by atoms with Crippen LogP contribution in [0.1, 0.15) is 19.8 Å². The lowest BCUT2D eigenvalue weighted by atomic mass is 10.2. The molecular weight excluding hydrogens is 340 g/mol. The first kappa shape index (κ1) is 17.9. The monoisotopic (exact) mass is 364 g/mol. The van der Waals surface area contributed by atoms with Crippen LogP contribution in [0.3, 0.4) is 0 Å². The smallest absolute Gasteiger partial charge is 0.415 e. The average Bonchev–Trinajstić information content (AvgIpc) is 3.04. The van der Waals surface area contributed by atoms with Crippen molar-refractivity contribution in [1.29, 1.82) is 0 Å². The Bertz CT molecular complexity index is 602. The van der Waals surface area contributed by atoms with Crippen LogP contribution in [0.4, 0.5) is 16.2 Å².